The summed E-state index contributed by atoms with van der Waals surface area (Å²) < 4.78 is 2.11. The van der Waals surface area contributed by atoms with Crippen LogP contribution >= 0.6 is 11.8 Å². The molecular formula is C13H23N3S. The van der Waals surface area contributed by atoms with Crippen molar-refractivity contribution in [3.05, 3.63) is 18.0 Å². The van der Waals surface area contributed by atoms with Crippen molar-refractivity contribution in [3.63, 3.8) is 0 Å². The molecule has 1 atom stereocenters. The number of nitrogens with one attached hydrogen (secondary N) is 1. The van der Waals surface area contributed by atoms with Gasteiger partial charge in [0.2, 0.25) is 0 Å². The van der Waals surface area contributed by atoms with Crippen LogP contribution in [0, 0.1) is 0 Å². The normalized spacial score (nSPS) is 20.6. The van der Waals surface area contributed by atoms with Crippen molar-refractivity contribution in [1.29, 1.82) is 0 Å². The van der Waals surface area contributed by atoms with Gasteiger partial charge in [-0.15, -0.1) is 0 Å². The number of nitrogens with zero attached hydrogens (tertiary/aromatic N) is 2. The van der Waals surface area contributed by atoms with E-state index in [1.54, 1.807) is 0 Å². The van der Waals surface area contributed by atoms with Gasteiger partial charge in [-0.05, 0) is 31.1 Å². The molecule has 0 spiro atoms. The van der Waals surface area contributed by atoms with Crippen molar-refractivity contribution in [2.75, 3.05) is 12.3 Å². The Balaban J connectivity index is 1.71. The highest BCUT2D eigenvalue weighted by molar-refractivity contribution is 7.99. The van der Waals surface area contributed by atoms with Gasteiger partial charge >= 0.3 is 0 Å². The zero-order valence-electron chi connectivity index (χ0n) is 10.7. The summed E-state index contributed by atoms with van der Waals surface area (Å²) in [6.07, 6.45) is 7.25. The third-order valence-electron chi connectivity index (χ3n) is 3.19. The van der Waals surface area contributed by atoms with E-state index in [1.165, 1.54) is 30.7 Å². The van der Waals surface area contributed by atoms with E-state index in [0.29, 0.717) is 0 Å². The number of hydrogen-bond acceptors (Lipinski definition) is 3. The van der Waals surface area contributed by atoms with E-state index in [4.69, 9.17) is 0 Å². The molecule has 0 amide bonds. The van der Waals surface area contributed by atoms with Crippen LogP contribution in [0.2, 0.25) is 0 Å². The topological polar surface area (TPSA) is 29.9 Å². The Hall–Kier alpha value is -0.480. The van der Waals surface area contributed by atoms with Gasteiger partial charge in [0.1, 0.15) is 0 Å². The quantitative estimate of drug-likeness (QED) is 0.845. The van der Waals surface area contributed by atoms with Crippen molar-refractivity contribution in [1.82, 2.24) is 15.1 Å². The van der Waals surface area contributed by atoms with Gasteiger partial charge in [0.15, 0.2) is 0 Å². The molecule has 1 saturated heterocycles. The van der Waals surface area contributed by atoms with Crippen molar-refractivity contribution < 1.29 is 0 Å². The Morgan fingerprint density at radius 1 is 1.53 bits per heavy atom. The Morgan fingerprint density at radius 3 is 3.24 bits per heavy atom. The minimum Gasteiger partial charge on any atom is -0.310 e. The SMILES string of the molecule is CCCn1nccc1CNCC1CCCCS1. The number of aromatic nitrogens is 2. The molecule has 3 nitrogen and oxygen atoms in total. The molecule has 0 aliphatic carbocycles. The molecule has 2 rings (SSSR count). The molecule has 0 radical (unpaired) electrons. The van der Waals surface area contributed by atoms with E-state index in [0.717, 1.165) is 31.3 Å². The third-order valence-corrected chi connectivity index (χ3v) is 4.59. The second kappa shape index (κ2) is 7.07. The van der Waals surface area contributed by atoms with Crippen molar-refractivity contribution in [3.8, 4) is 0 Å². The molecule has 1 aliphatic heterocycles. The van der Waals surface area contributed by atoms with Crippen LogP contribution in [0.5, 0.6) is 0 Å². The summed E-state index contributed by atoms with van der Waals surface area (Å²) in [5, 5.41) is 8.74. The lowest BCUT2D eigenvalue weighted by atomic mass is 10.2. The molecule has 1 aliphatic rings. The Morgan fingerprint density at radius 2 is 2.47 bits per heavy atom. The van der Waals surface area contributed by atoms with Crippen LogP contribution in [0.4, 0.5) is 0 Å². The fourth-order valence-corrected chi connectivity index (χ4v) is 3.53. The van der Waals surface area contributed by atoms with Crippen LogP contribution < -0.4 is 5.32 Å². The first-order valence-electron chi connectivity index (χ1n) is 6.73. The zero-order chi connectivity index (χ0) is 11.9. The molecule has 17 heavy (non-hydrogen) atoms. The van der Waals surface area contributed by atoms with Crippen LogP contribution in [0.3, 0.4) is 0 Å². The lowest BCUT2D eigenvalue weighted by molar-refractivity contribution is 0.538. The molecule has 1 aromatic rings. The lowest BCUT2D eigenvalue weighted by Crippen LogP contribution is -2.27. The number of aryl methyl sites for hydroxylation is 1. The fourth-order valence-electron chi connectivity index (χ4n) is 2.25. The van der Waals surface area contributed by atoms with Crippen molar-refractivity contribution >= 4 is 11.8 Å². The molecular weight excluding hydrogens is 230 g/mol. The lowest BCUT2D eigenvalue weighted by Gasteiger charge is -2.21. The van der Waals surface area contributed by atoms with E-state index in [9.17, 15) is 0 Å². The van der Waals surface area contributed by atoms with Crippen LogP contribution in [-0.4, -0.2) is 27.3 Å². The highest BCUT2D eigenvalue weighted by atomic mass is 32.2. The number of rotatable bonds is 6. The summed E-state index contributed by atoms with van der Waals surface area (Å²) in [6.45, 7) is 5.32. The first-order valence-corrected chi connectivity index (χ1v) is 7.78. The average Bonchev–Trinajstić information content (AvgIpc) is 2.79. The van der Waals surface area contributed by atoms with Crippen molar-refractivity contribution in [2.45, 2.75) is 50.9 Å². The monoisotopic (exact) mass is 253 g/mol. The van der Waals surface area contributed by atoms with Crippen LogP contribution in [-0.2, 0) is 13.1 Å². The Kier molecular flexibility index (Phi) is 5.39. The summed E-state index contributed by atoms with van der Waals surface area (Å²) in [5.41, 5.74) is 1.31. The van der Waals surface area contributed by atoms with Gasteiger partial charge in [-0.25, -0.2) is 0 Å². The maximum atomic E-state index is 4.34. The molecule has 4 heteroatoms. The van der Waals surface area contributed by atoms with E-state index in [1.807, 2.05) is 6.20 Å². The summed E-state index contributed by atoms with van der Waals surface area (Å²) in [6, 6.07) is 2.12. The highest BCUT2D eigenvalue weighted by Crippen LogP contribution is 2.24. The van der Waals surface area contributed by atoms with E-state index in [2.05, 4.69) is 39.8 Å². The predicted molar refractivity (Wildman–Crippen MR) is 74.3 cm³/mol. The van der Waals surface area contributed by atoms with Gasteiger partial charge in [0.25, 0.3) is 0 Å². The summed E-state index contributed by atoms with van der Waals surface area (Å²) in [5.74, 6) is 1.35. The van der Waals surface area contributed by atoms with Gasteiger partial charge < -0.3 is 5.32 Å². The van der Waals surface area contributed by atoms with E-state index < -0.39 is 0 Å². The van der Waals surface area contributed by atoms with Crippen molar-refractivity contribution in [2.24, 2.45) is 0 Å². The first kappa shape index (κ1) is 13.0. The average molecular weight is 253 g/mol. The predicted octanol–water partition coefficient (Wildman–Crippen LogP) is 2.67. The number of thioether (sulfide) groups is 1. The van der Waals surface area contributed by atoms with Gasteiger partial charge in [-0.3, -0.25) is 4.68 Å². The smallest absolute Gasteiger partial charge is 0.0522 e. The second-order valence-corrected chi connectivity index (χ2v) is 6.07. The molecule has 1 aromatic heterocycles. The molecule has 1 unspecified atom stereocenters. The molecule has 0 bridgehead atoms. The van der Waals surface area contributed by atoms with Gasteiger partial charge in [-0.1, -0.05) is 13.3 Å². The minimum absolute atomic E-state index is 0.825. The first-order chi connectivity index (χ1) is 8.40. The fraction of sp³-hybridized carbons (Fsp3) is 0.769. The maximum absolute atomic E-state index is 4.34. The Labute approximate surface area is 108 Å². The molecule has 1 fully saturated rings. The van der Waals surface area contributed by atoms with Gasteiger partial charge in [0.05, 0.1) is 5.69 Å². The number of hydrogen-bond donors (Lipinski definition) is 1. The molecule has 1 N–H and O–H groups in total. The van der Waals surface area contributed by atoms with Crippen LogP contribution in [0.1, 0.15) is 38.3 Å². The standard InChI is InChI=1S/C13H23N3S/c1-2-8-16-12(6-7-15-16)10-14-11-13-5-3-4-9-17-13/h6-7,13-14H,2-5,8-11H2,1H3. The maximum Gasteiger partial charge on any atom is 0.0522 e. The largest absolute Gasteiger partial charge is 0.310 e. The van der Waals surface area contributed by atoms with Crippen LogP contribution in [0.15, 0.2) is 12.3 Å². The van der Waals surface area contributed by atoms with E-state index in [-0.39, 0.29) is 0 Å². The molecule has 2 heterocycles. The van der Waals surface area contributed by atoms with E-state index >= 15 is 0 Å². The van der Waals surface area contributed by atoms with Gasteiger partial charge in [-0.2, -0.15) is 16.9 Å². The molecule has 0 aromatic carbocycles. The molecule has 96 valence electrons. The zero-order valence-corrected chi connectivity index (χ0v) is 11.5. The summed E-state index contributed by atoms with van der Waals surface area (Å²) in [4.78, 5) is 0. The molecule has 0 saturated carbocycles. The Bertz CT molecular complexity index is 318. The highest BCUT2D eigenvalue weighted by Gasteiger charge is 2.13. The summed E-state index contributed by atoms with van der Waals surface area (Å²) in [7, 11) is 0. The second-order valence-electron chi connectivity index (χ2n) is 4.67. The summed E-state index contributed by atoms with van der Waals surface area (Å²) >= 11 is 2.13. The third kappa shape index (κ3) is 4.03. The van der Waals surface area contributed by atoms with Crippen LogP contribution in [0.25, 0.3) is 0 Å². The minimum atomic E-state index is 0.825. The van der Waals surface area contributed by atoms with Gasteiger partial charge in [0, 0.05) is 31.1 Å².